The molecule has 0 radical (unpaired) electrons. The largest absolute Gasteiger partial charge is 0.493 e. The maximum absolute atomic E-state index is 11.3. The van der Waals surface area contributed by atoms with Gasteiger partial charge in [-0.1, -0.05) is 24.3 Å². The number of hydrogen-bond acceptors (Lipinski definition) is 11. The number of nitrogens with zero attached hydrogens (tertiary/aromatic N) is 5. The molecule has 0 atom stereocenters. The van der Waals surface area contributed by atoms with Crippen LogP contribution < -0.4 is 4.74 Å². The maximum Gasteiger partial charge on any atom is 0.317 e. The fourth-order valence-corrected chi connectivity index (χ4v) is 4.91. The first-order valence-corrected chi connectivity index (χ1v) is 14.9. The van der Waals surface area contributed by atoms with Gasteiger partial charge in [0.25, 0.3) is 0 Å². The topological polar surface area (TPSA) is 221 Å². The van der Waals surface area contributed by atoms with E-state index in [0.29, 0.717) is 39.9 Å². The van der Waals surface area contributed by atoms with Crippen molar-refractivity contribution in [2.75, 3.05) is 32.8 Å². The third kappa shape index (κ3) is 11.3. The molecule has 0 aliphatic heterocycles. The van der Waals surface area contributed by atoms with E-state index in [1.54, 1.807) is 60.7 Å². The Morgan fingerprint density at radius 1 is 0.592 bits per heavy atom. The van der Waals surface area contributed by atoms with E-state index in [-0.39, 0.29) is 26.1 Å². The molecule has 49 heavy (non-hydrogen) atoms. The van der Waals surface area contributed by atoms with Gasteiger partial charge in [0.05, 0.1) is 66.9 Å². The molecule has 4 aromatic rings. The number of ether oxygens (including phenoxy) is 1. The third-order valence-corrected chi connectivity index (χ3v) is 6.86. The number of rotatable bonds is 19. The molecular weight excluding hydrogens is 638 g/mol. The van der Waals surface area contributed by atoms with E-state index in [1.807, 2.05) is 12.1 Å². The molecule has 15 nitrogen and oxygen atoms in total. The second-order valence-corrected chi connectivity index (χ2v) is 10.8. The standard InChI is InChI=1S/C34H33N5O10/c40-12-3-13-49-26-10-8-22(9-11-26)23-14-29(27-6-1-4-24(35-27)16-38(18-31(41)42)19-32(43)44)37-30(15-23)28-7-2-5-25(36-28)17-39(20-33(45)46)21-34(47)48/h1-2,4-12,14-15H,3,13,16-21H2,(H,41,42)(H,43,44)(H,45,46)(H,47,48). The highest BCUT2D eigenvalue weighted by atomic mass is 16.5. The molecule has 0 saturated carbocycles. The number of carboxylic acid groups (broad SMARTS) is 4. The number of carboxylic acids is 4. The van der Waals surface area contributed by atoms with Crippen LogP contribution in [-0.2, 0) is 37.1 Å². The lowest BCUT2D eigenvalue weighted by Gasteiger charge is -2.18. The van der Waals surface area contributed by atoms with E-state index in [0.717, 1.165) is 17.4 Å². The molecule has 3 aromatic heterocycles. The van der Waals surface area contributed by atoms with Crippen LogP contribution in [0.15, 0.2) is 72.8 Å². The molecule has 3 heterocycles. The van der Waals surface area contributed by atoms with Crippen molar-refractivity contribution in [3.8, 4) is 39.7 Å². The first-order valence-electron chi connectivity index (χ1n) is 14.9. The quantitative estimate of drug-likeness (QED) is 0.0831. The summed E-state index contributed by atoms with van der Waals surface area (Å²) < 4.78 is 5.59. The van der Waals surface area contributed by atoms with Crippen molar-refractivity contribution in [1.29, 1.82) is 0 Å². The number of aromatic nitrogens is 3. The van der Waals surface area contributed by atoms with Crippen molar-refractivity contribution in [3.05, 3.63) is 84.2 Å². The van der Waals surface area contributed by atoms with Crippen LogP contribution in [0.3, 0.4) is 0 Å². The van der Waals surface area contributed by atoms with Crippen molar-refractivity contribution in [3.63, 3.8) is 0 Å². The highest BCUT2D eigenvalue weighted by molar-refractivity contribution is 5.76. The number of aldehydes is 1. The Labute approximate surface area is 280 Å². The summed E-state index contributed by atoms with van der Waals surface area (Å²) in [5.41, 5.74) is 4.03. The Balaban J connectivity index is 1.75. The summed E-state index contributed by atoms with van der Waals surface area (Å²) >= 11 is 0. The van der Waals surface area contributed by atoms with Crippen LogP contribution in [0.5, 0.6) is 5.75 Å². The van der Waals surface area contributed by atoms with E-state index in [4.69, 9.17) is 9.72 Å². The molecule has 254 valence electrons. The summed E-state index contributed by atoms with van der Waals surface area (Å²) in [7, 11) is 0. The van der Waals surface area contributed by atoms with Gasteiger partial charge in [0.1, 0.15) is 12.0 Å². The van der Waals surface area contributed by atoms with Crippen LogP contribution in [0.2, 0.25) is 0 Å². The van der Waals surface area contributed by atoms with E-state index >= 15 is 0 Å². The molecule has 4 rings (SSSR count). The summed E-state index contributed by atoms with van der Waals surface area (Å²) in [5.74, 6) is -4.15. The van der Waals surface area contributed by atoms with E-state index < -0.39 is 50.1 Å². The van der Waals surface area contributed by atoms with E-state index in [1.165, 1.54) is 9.80 Å². The molecule has 0 aliphatic carbocycles. The smallest absolute Gasteiger partial charge is 0.317 e. The van der Waals surface area contributed by atoms with Gasteiger partial charge in [0.15, 0.2) is 0 Å². The molecule has 1 aromatic carbocycles. The summed E-state index contributed by atoms with van der Waals surface area (Å²) in [6, 6.07) is 20.9. The minimum absolute atomic E-state index is 0.0443. The van der Waals surface area contributed by atoms with Crippen LogP contribution in [-0.4, -0.2) is 108 Å². The van der Waals surface area contributed by atoms with E-state index in [9.17, 15) is 44.4 Å². The molecule has 4 N–H and O–H groups in total. The van der Waals surface area contributed by atoms with Crippen LogP contribution in [0, 0.1) is 0 Å². The Morgan fingerprint density at radius 3 is 1.45 bits per heavy atom. The molecule has 0 spiro atoms. The van der Waals surface area contributed by atoms with E-state index in [2.05, 4.69) is 9.97 Å². The van der Waals surface area contributed by atoms with Crippen molar-refractivity contribution < 1.29 is 49.1 Å². The second kappa shape index (κ2) is 17.2. The Hall–Kier alpha value is -6.06. The van der Waals surface area contributed by atoms with Crippen molar-refractivity contribution in [2.24, 2.45) is 0 Å². The minimum atomic E-state index is -1.18. The fourth-order valence-electron chi connectivity index (χ4n) is 4.91. The van der Waals surface area contributed by atoms with Gasteiger partial charge in [-0.2, -0.15) is 0 Å². The third-order valence-electron chi connectivity index (χ3n) is 6.86. The van der Waals surface area contributed by atoms with Crippen molar-refractivity contribution >= 4 is 30.2 Å². The number of benzene rings is 1. The molecule has 0 aliphatic rings. The lowest BCUT2D eigenvalue weighted by Crippen LogP contribution is -2.34. The van der Waals surface area contributed by atoms with Gasteiger partial charge in [0.2, 0.25) is 0 Å². The van der Waals surface area contributed by atoms with Crippen LogP contribution >= 0.6 is 0 Å². The second-order valence-electron chi connectivity index (χ2n) is 10.8. The zero-order valence-electron chi connectivity index (χ0n) is 26.1. The molecule has 0 bridgehead atoms. The molecular formula is C34H33N5O10. The number of hydrogen-bond donors (Lipinski definition) is 4. The predicted molar refractivity (Wildman–Crippen MR) is 173 cm³/mol. The number of pyridine rings is 3. The Morgan fingerprint density at radius 2 is 1.04 bits per heavy atom. The highest BCUT2D eigenvalue weighted by Gasteiger charge is 2.18. The fraction of sp³-hybridized carbons (Fsp3) is 0.235. The zero-order chi connectivity index (χ0) is 35.3. The molecule has 15 heteroatoms. The van der Waals surface area contributed by atoms with Gasteiger partial charge < -0.3 is 30.0 Å². The van der Waals surface area contributed by atoms with Crippen LogP contribution in [0.25, 0.3) is 33.9 Å². The molecule has 0 fully saturated rings. The number of aliphatic carboxylic acids is 4. The Kier molecular flexibility index (Phi) is 12.6. The van der Waals surface area contributed by atoms with Gasteiger partial charge in [-0.3, -0.25) is 29.0 Å². The van der Waals surface area contributed by atoms with Gasteiger partial charge >= 0.3 is 23.9 Å². The van der Waals surface area contributed by atoms with Gasteiger partial charge in [-0.15, -0.1) is 0 Å². The summed E-state index contributed by atoms with van der Waals surface area (Å²) in [6.45, 7) is -1.84. The number of carbonyl (C=O) groups excluding carboxylic acids is 1. The lowest BCUT2D eigenvalue weighted by molar-refractivity contribution is -0.144. The van der Waals surface area contributed by atoms with Crippen LogP contribution in [0.4, 0.5) is 0 Å². The SMILES string of the molecule is O=CCCOc1ccc(-c2cc(-c3cccc(CN(CC(=O)O)CC(=O)O)n3)nc(-c3cccc(CN(CC(=O)O)CC(=O)O)n3)c2)cc1. The molecule has 0 amide bonds. The predicted octanol–water partition coefficient (Wildman–Crippen LogP) is 2.78. The average molecular weight is 672 g/mol. The van der Waals surface area contributed by atoms with Crippen LogP contribution in [0.1, 0.15) is 17.8 Å². The minimum Gasteiger partial charge on any atom is -0.493 e. The van der Waals surface area contributed by atoms with Crippen molar-refractivity contribution in [2.45, 2.75) is 19.5 Å². The highest BCUT2D eigenvalue weighted by Crippen LogP contribution is 2.30. The van der Waals surface area contributed by atoms with Gasteiger partial charge in [0, 0.05) is 19.5 Å². The monoisotopic (exact) mass is 671 g/mol. The van der Waals surface area contributed by atoms with Crippen molar-refractivity contribution in [1.82, 2.24) is 24.8 Å². The Bertz CT molecular complexity index is 1680. The van der Waals surface area contributed by atoms with Gasteiger partial charge in [-0.05, 0) is 59.7 Å². The first kappa shape index (κ1) is 35.8. The first-order chi connectivity index (χ1) is 23.5. The zero-order valence-corrected chi connectivity index (χ0v) is 26.1. The number of carbonyl (C=O) groups is 5. The normalized spacial score (nSPS) is 11.0. The summed E-state index contributed by atoms with van der Waals surface area (Å²) in [5, 5.41) is 37.0. The molecule has 0 saturated heterocycles. The lowest BCUT2D eigenvalue weighted by atomic mass is 10.0. The average Bonchev–Trinajstić information content (AvgIpc) is 3.04. The summed E-state index contributed by atoms with van der Waals surface area (Å²) in [4.78, 5) is 72.6. The van der Waals surface area contributed by atoms with Gasteiger partial charge in [-0.25, -0.2) is 15.0 Å². The summed E-state index contributed by atoms with van der Waals surface area (Å²) in [6.07, 6.45) is 1.03. The molecule has 0 unspecified atom stereocenters. The maximum atomic E-state index is 11.3.